The van der Waals surface area contributed by atoms with Crippen LogP contribution in [-0.2, 0) is 16.0 Å². The highest BCUT2D eigenvalue weighted by Gasteiger charge is 2.10. The fourth-order valence-corrected chi connectivity index (χ4v) is 2.82. The molecule has 0 saturated carbocycles. The lowest BCUT2D eigenvalue weighted by Gasteiger charge is -2.12. The Labute approximate surface area is 180 Å². The summed E-state index contributed by atoms with van der Waals surface area (Å²) in [6, 6.07) is 14.5. The van der Waals surface area contributed by atoms with E-state index in [1.165, 1.54) is 7.11 Å². The normalized spacial score (nSPS) is 10.2. The number of carbonyl (C=O) groups is 2. The van der Waals surface area contributed by atoms with Gasteiger partial charge in [-0.2, -0.15) is 5.10 Å². The van der Waals surface area contributed by atoms with Crippen molar-refractivity contribution in [1.82, 2.24) is 15.1 Å². The van der Waals surface area contributed by atoms with Crippen LogP contribution in [0.4, 0.5) is 5.69 Å². The summed E-state index contributed by atoms with van der Waals surface area (Å²) in [5, 5.41) is 9.41. The highest BCUT2D eigenvalue weighted by atomic mass is 16.5. The Morgan fingerprint density at radius 1 is 1.13 bits per heavy atom. The Balaban J connectivity index is 1.44. The van der Waals surface area contributed by atoms with E-state index in [0.717, 1.165) is 11.3 Å². The van der Waals surface area contributed by atoms with Crippen LogP contribution in [0.1, 0.15) is 5.56 Å². The van der Waals surface area contributed by atoms with Gasteiger partial charge in [0.2, 0.25) is 5.91 Å². The molecule has 0 saturated heterocycles. The number of hydrogen-bond acceptors (Lipinski definition) is 5. The first-order valence-electron chi connectivity index (χ1n) is 9.66. The van der Waals surface area contributed by atoms with E-state index in [0.29, 0.717) is 23.6 Å². The quantitative estimate of drug-likeness (QED) is 0.492. The van der Waals surface area contributed by atoms with Crippen molar-refractivity contribution < 1.29 is 19.1 Å². The van der Waals surface area contributed by atoms with E-state index in [9.17, 15) is 9.59 Å². The summed E-state index contributed by atoms with van der Waals surface area (Å²) in [6.45, 7) is 3.31. The third kappa shape index (κ3) is 6.20. The zero-order valence-corrected chi connectivity index (χ0v) is 17.2. The molecule has 3 aromatic rings. The Morgan fingerprint density at radius 3 is 2.61 bits per heavy atom. The smallest absolute Gasteiger partial charge is 0.258 e. The summed E-state index contributed by atoms with van der Waals surface area (Å²) in [4.78, 5) is 24.1. The van der Waals surface area contributed by atoms with Gasteiger partial charge in [0.05, 0.1) is 19.3 Å². The molecule has 160 valence electrons. The van der Waals surface area contributed by atoms with E-state index in [4.69, 9.17) is 9.47 Å². The Kier molecular flexibility index (Phi) is 7.42. The fraction of sp³-hybridized carbons (Fsp3) is 0.174. The lowest BCUT2D eigenvalue weighted by molar-refractivity contribution is -0.125. The molecule has 2 aromatic carbocycles. The van der Waals surface area contributed by atoms with Gasteiger partial charge in [0.15, 0.2) is 18.1 Å². The summed E-state index contributed by atoms with van der Waals surface area (Å²) >= 11 is 0. The third-order valence-electron chi connectivity index (χ3n) is 4.33. The second-order valence-electron chi connectivity index (χ2n) is 6.59. The second-order valence-corrected chi connectivity index (χ2v) is 6.59. The molecule has 0 aliphatic carbocycles. The van der Waals surface area contributed by atoms with Gasteiger partial charge in [-0.25, -0.2) is 4.68 Å². The predicted molar refractivity (Wildman–Crippen MR) is 118 cm³/mol. The van der Waals surface area contributed by atoms with Crippen molar-refractivity contribution in [3.63, 3.8) is 0 Å². The van der Waals surface area contributed by atoms with E-state index in [-0.39, 0.29) is 19.1 Å². The SMILES string of the molecule is C=CCc1ccc(OCC(=O)NCC(=O)Nc2ccc(-n3cccn3)cc2)c(OC)c1. The first-order valence-corrected chi connectivity index (χ1v) is 9.66. The van der Waals surface area contributed by atoms with Crippen LogP contribution in [0.2, 0.25) is 0 Å². The average Bonchev–Trinajstić information content (AvgIpc) is 3.32. The summed E-state index contributed by atoms with van der Waals surface area (Å²) in [7, 11) is 1.53. The summed E-state index contributed by atoms with van der Waals surface area (Å²) in [5.41, 5.74) is 2.52. The van der Waals surface area contributed by atoms with Gasteiger partial charge in [-0.3, -0.25) is 9.59 Å². The van der Waals surface area contributed by atoms with Crippen LogP contribution in [0.5, 0.6) is 11.5 Å². The molecule has 0 fully saturated rings. The molecule has 3 rings (SSSR count). The largest absolute Gasteiger partial charge is 0.493 e. The van der Waals surface area contributed by atoms with E-state index in [2.05, 4.69) is 22.3 Å². The molecule has 0 aliphatic heterocycles. The van der Waals surface area contributed by atoms with Crippen molar-refractivity contribution >= 4 is 17.5 Å². The molecule has 0 unspecified atom stereocenters. The van der Waals surface area contributed by atoms with Crippen molar-refractivity contribution in [2.75, 3.05) is 25.6 Å². The number of allylic oxidation sites excluding steroid dienone is 1. The summed E-state index contributed by atoms with van der Waals surface area (Å²) in [6.07, 6.45) is 6.02. The number of ether oxygens (including phenoxy) is 2. The van der Waals surface area contributed by atoms with Crippen LogP contribution in [-0.4, -0.2) is 41.9 Å². The number of carbonyl (C=O) groups excluding carboxylic acids is 2. The number of hydrogen-bond donors (Lipinski definition) is 2. The summed E-state index contributed by atoms with van der Waals surface area (Å²) < 4.78 is 12.5. The third-order valence-corrected chi connectivity index (χ3v) is 4.33. The average molecular weight is 420 g/mol. The van der Waals surface area contributed by atoms with Crippen molar-refractivity contribution in [2.24, 2.45) is 0 Å². The standard InChI is InChI=1S/C23H24N4O4/c1-3-5-17-6-11-20(21(14-17)30-2)31-16-23(29)24-15-22(28)26-18-7-9-19(10-8-18)27-13-4-12-25-27/h3-4,6-14H,1,5,15-16H2,2H3,(H,24,29)(H,26,28). The molecule has 8 nitrogen and oxygen atoms in total. The molecular weight excluding hydrogens is 396 g/mol. The topological polar surface area (TPSA) is 94.5 Å². The first kappa shape index (κ1) is 21.6. The molecule has 0 radical (unpaired) electrons. The monoisotopic (exact) mass is 420 g/mol. The number of rotatable bonds is 10. The van der Waals surface area contributed by atoms with Gasteiger partial charge in [0.25, 0.3) is 5.91 Å². The number of nitrogens with zero attached hydrogens (tertiary/aromatic N) is 2. The van der Waals surface area contributed by atoms with Crippen LogP contribution >= 0.6 is 0 Å². The lowest BCUT2D eigenvalue weighted by Crippen LogP contribution is -2.35. The molecule has 1 aromatic heterocycles. The zero-order valence-electron chi connectivity index (χ0n) is 17.2. The van der Waals surface area contributed by atoms with Crippen molar-refractivity contribution in [1.29, 1.82) is 0 Å². The summed E-state index contributed by atoms with van der Waals surface area (Å²) in [5.74, 6) is 0.226. The van der Waals surface area contributed by atoms with Crippen LogP contribution in [0.3, 0.4) is 0 Å². The van der Waals surface area contributed by atoms with E-state index in [1.807, 2.05) is 36.5 Å². The Bertz CT molecular complexity index is 1030. The molecule has 0 aliphatic rings. The maximum atomic E-state index is 12.1. The van der Waals surface area contributed by atoms with Gasteiger partial charge in [-0.1, -0.05) is 12.1 Å². The van der Waals surface area contributed by atoms with Gasteiger partial charge in [-0.05, 0) is 54.4 Å². The van der Waals surface area contributed by atoms with E-state index in [1.54, 1.807) is 35.2 Å². The van der Waals surface area contributed by atoms with E-state index >= 15 is 0 Å². The minimum atomic E-state index is -0.415. The molecule has 31 heavy (non-hydrogen) atoms. The zero-order chi connectivity index (χ0) is 22.1. The van der Waals surface area contributed by atoms with Gasteiger partial charge in [0, 0.05) is 18.1 Å². The molecule has 0 bridgehead atoms. The highest BCUT2D eigenvalue weighted by Crippen LogP contribution is 2.28. The van der Waals surface area contributed by atoms with Crippen LogP contribution < -0.4 is 20.1 Å². The minimum Gasteiger partial charge on any atom is -0.493 e. The number of nitrogens with one attached hydrogen (secondary N) is 2. The Hall–Kier alpha value is -4.07. The first-order chi connectivity index (χ1) is 15.1. The van der Waals surface area contributed by atoms with Gasteiger partial charge in [0.1, 0.15) is 0 Å². The molecule has 0 spiro atoms. The number of aromatic nitrogens is 2. The van der Waals surface area contributed by atoms with E-state index < -0.39 is 5.91 Å². The van der Waals surface area contributed by atoms with Crippen LogP contribution in [0.25, 0.3) is 5.69 Å². The number of anilines is 1. The van der Waals surface area contributed by atoms with Crippen molar-refractivity contribution in [3.05, 3.63) is 79.1 Å². The molecule has 8 heteroatoms. The minimum absolute atomic E-state index is 0.168. The fourth-order valence-electron chi connectivity index (χ4n) is 2.82. The maximum Gasteiger partial charge on any atom is 0.258 e. The van der Waals surface area contributed by atoms with Crippen LogP contribution in [0, 0.1) is 0 Å². The van der Waals surface area contributed by atoms with Gasteiger partial charge < -0.3 is 20.1 Å². The van der Waals surface area contributed by atoms with Crippen LogP contribution in [0.15, 0.2) is 73.6 Å². The van der Waals surface area contributed by atoms with Crippen molar-refractivity contribution in [3.8, 4) is 17.2 Å². The molecule has 2 amide bonds. The highest BCUT2D eigenvalue weighted by molar-refractivity contribution is 5.94. The van der Waals surface area contributed by atoms with Gasteiger partial charge >= 0.3 is 0 Å². The lowest BCUT2D eigenvalue weighted by atomic mass is 10.1. The Morgan fingerprint density at radius 2 is 1.94 bits per heavy atom. The molecule has 1 heterocycles. The molecule has 0 atom stereocenters. The second kappa shape index (κ2) is 10.6. The number of benzene rings is 2. The maximum absolute atomic E-state index is 12.1. The number of amides is 2. The van der Waals surface area contributed by atoms with Gasteiger partial charge in [-0.15, -0.1) is 6.58 Å². The number of methoxy groups -OCH3 is 1. The molecule has 2 N–H and O–H groups in total. The van der Waals surface area contributed by atoms with Crippen molar-refractivity contribution in [2.45, 2.75) is 6.42 Å². The predicted octanol–water partition coefficient (Wildman–Crippen LogP) is 2.74. The molecular formula is C23H24N4O4.